The minimum atomic E-state index is -6.60. The Kier molecular flexibility index (Phi) is 5.22. The monoisotopic (exact) mass is 378 g/mol. The zero-order valence-corrected chi connectivity index (χ0v) is 13.4. The summed E-state index contributed by atoms with van der Waals surface area (Å²) in [7, 11) is -6.60. The fourth-order valence-corrected chi connectivity index (χ4v) is 3.36. The maximum absolute atomic E-state index is 14.2. The van der Waals surface area contributed by atoms with Crippen molar-refractivity contribution in [3.63, 3.8) is 0 Å². The first-order chi connectivity index (χ1) is 11.5. The van der Waals surface area contributed by atoms with Crippen molar-refractivity contribution in [3.8, 4) is 0 Å². The van der Waals surface area contributed by atoms with Gasteiger partial charge in [0.25, 0.3) is 9.84 Å². The molecule has 2 rings (SSSR count). The zero-order valence-electron chi connectivity index (χ0n) is 12.6. The Labute approximate surface area is 141 Å². The van der Waals surface area contributed by atoms with Crippen molar-refractivity contribution in [3.05, 3.63) is 71.8 Å². The molecular formula is C16H14F4O4S. The van der Waals surface area contributed by atoms with E-state index in [1.54, 1.807) is 0 Å². The summed E-state index contributed by atoms with van der Waals surface area (Å²) in [5, 5.41) is 8.85. The summed E-state index contributed by atoms with van der Waals surface area (Å²) in [6.45, 7) is 0. The van der Waals surface area contributed by atoms with Crippen molar-refractivity contribution >= 4 is 9.84 Å². The van der Waals surface area contributed by atoms with E-state index in [0.717, 1.165) is 24.3 Å². The van der Waals surface area contributed by atoms with Crippen molar-refractivity contribution < 1.29 is 36.2 Å². The maximum atomic E-state index is 14.2. The predicted molar refractivity (Wildman–Crippen MR) is 81.6 cm³/mol. The Morgan fingerprint density at radius 3 is 1.24 bits per heavy atom. The first-order valence-electron chi connectivity index (χ1n) is 6.99. The molecule has 0 heterocycles. The Balaban J connectivity index is 2.44. The quantitative estimate of drug-likeness (QED) is 0.758. The normalized spacial score (nSPS) is 15.6. The number of aliphatic hydroxyl groups is 2. The van der Waals surface area contributed by atoms with Crippen molar-refractivity contribution in [1.29, 1.82) is 0 Å². The Morgan fingerprint density at radius 1 is 0.680 bits per heavy atom. The highest BCUT2D eigenvalue weighted by atomic mass is 32.2. The molecule has 0 amide bonds. The summed E-state index contributed by atoms with van der Waals surface area (Å²) in [4.78, 5) is 0. The predicted octanol–water partition coefficient (Wildman–Crippen LogP) is 3.05. The lowest BCUT2D eigenvalue weighted by atomic mass is 10.1. The molecule has 0 saturated heterocycles. The van der Waals surface area contributed by atoms with Gasteiger partial charge in [0.1, 0.15) is 0 Å². The molecule has 0 aliphatic heterocycles. The zero-order chi connectivity index (χ0) is 18.9. The average molecular weight is 378 g/mol. The summed E-state index contributed by atoms with van der Waals surface area (Å²) in [5.74, 6) is 0. The molecule has 0 aliphatic carbocycles. The van der Waals surface area contributed by atoms with Crippen LogP contribution in [-0.2, 0) is 9.84 Å². The number of sulfone groups is 1. The van der Waals surface area contributed by atoms with Gasteiger partial charge in [-0.1, -0.05) is 60.7 Å². The van der Waals surface area contributed by atoms with E-state index in [-0.39, 0.29) is 0 Å². The molecule has 2 atom stereocenters. The van der Waals surface area contributed by atoms with Crippen LogP contribution in [0.25, 0.3) is 0 Å². The van der Waals surface area contributed by atoms with Crippen LogP contribution in [0.4, 0.5) is 17.6 Å². The van der Waals surface area contributed by atoms with Crippen LogP contribution in [0, 0.1) is 0 Å². The van der Waals surface area contributed by atoms with E-state index in [9.17, 15) is 36.2 Å². The summed E-state index contributed by atoms with van der Waals surface area (Å²) in [6, 6.07) is 11.7. The lowest BCUT2D eigenvalue weighted by Gasteiger charge is -2.29. The molecule has 0 aliphatic rings. The number of rotatable bonds is 6. The van der Waals surface area contributed by atoms with E-state index >= 15 is 0 Å². The first-order valence-corrected chi connectivity index (χ1v) is 8.47. The molecule has 9 heteroatoms. The molecule has 0 spiro atoms. The number of halogens is 4. The summed E-state index contributed by atoms with van der Waals surface area (Å²) >= 11 is 0. The highest BCUT2D eigenvalue weighted by Crippen LogP contribution is 2.47. The van der Waals surface area contributed by atoms with Crippen LogP contribution in [0.15, 0.2) is 60.7 Å². The van der Waals surface area contributed by atoms with Crippen LogP contribution in [0.5, 0.6) is 0 Å². The molecule has 0 bridgehead atoms. The third kappa shape index (κ3) is 3.26. The van der Waals surface area contributed by atoms with Gasteiger partial charge in [0, 0.05) is 0 Å². The molecule has 0 radical (unpaired) electrons. The molecular weight excluding hydrogens is 364 g/mol. The van der Waals surface area contributed by atoms with E-state index in [4.69, 9.17) is 0 Å². The fraction of sp³-hybridized carbons (Fsp3) is 0.250. The van der Waals surface area contributed by atoms with Crippen LogP contribution in [-0.4, -0.2) is 29.1 Å². The molecule has 0 saturated carbocycles. The van der Waals surface area contributed by atoms with Crippen molar-refractivity contribution in [2.75, 3.05) is 0 Å². The van der Waals surface area contributed by atoms with Gasteiger partial charge in [0.05, 0.1) is 0 Å². The van der Waals surface area contributed by atoms with E-state index in [2.05, 4.69) is 0 Å². The van der Waals surface area contributed by atoms with Gasteiger partial charge in [-0.15, -0.1) is 0 Å². The lowest BCUT2D eigenvalue weighted by molar-refractivity contribution is -0.0784. The lowest BCUT2D eigenvalue weighted by Crippen LogP contribution is -2.48. The molecule has 0 fully saturated rings. The third-order valence-electron chi connectivity index (χ3n) is 3.58. The van der Waals surface area contributed by atoms with Crippen LogP contribution in [0.2, 0.25) is 0 Å². The van der Waals surface area contributed by atoms with Gasteiger partial charge in [-0.25, -0.2) is 8.42 Å². The van der Waals surface area contributed by atoms with Gasteiger partial charge in [0.15, 0.2) is 12.2 Å². The van der Waals surface area contributed by atoms with Gasteiger partial charge in [-0.05, 0) is 11.1 Å². The Hall–Kier alpha value is -1.97. The Morgan fingerprint density at radius 2 is 0.960 bits per heavy atom. The number of hydrogen-bond acceptors (Lipinski definition) is 4. The van der Waals surface area contributed by atoms with E-state index in [1.165, 1.54) is 36.4 Å². The first kappa shape index (κ1) is 19.4. The molecule has 4 nitrogen and oxygen atoms in total. The molecule has 2 N–H and O–H groups in total. The van der Waals surface area contributed by atoms with Crippen LogP contribution < -0.4 is 0 Å². The second-order valence-corrected chi connectivity index (χ2v) is 7.35. The summed E-state index contributed by atoms with van der Waals surface area (Å²) in [5.41, 5.74) is -1.11. The SMILES string of the molecule is O=S(=O)(C(F)(F)C(O)c1ccccc1)C(F)(F)C(O)c1ccccc1. The van der Waals surface area contributed by atoms with Crippen molar-refractivity contribution in [2.24, 2.45) is 0 Å². The molecule has 2 aromatic carbocycles. The number of alkyl halides is 4. The molecule has 0 aromatic heterocycles. The molecule has 2 aromatic rings. The van der Waals surface area contributed by atoms with E-state index in [1.807, 2.05) is 0 Å². The average Bonchev–Trinajstić information content (AvgIpc) is 2.61. The second kappa shape index (κ2) is 6.74. The highest BCUT2D eigenvalue weighted by molar-refractivity contribution is 7.93. The van der Waals surface area contributed by atoms with Crippen LogP contribution in [0.3, 0.4) is 0 Å². The van der Waals surface area contributed by atoms with E-state index < -0.39 is 43.7 Å². The van der Waals surface area contributed by atoms with Crippen molar-refractivity contribution in [2.45, 2.75) is 22.7 Å². The van der Waals surface area contributed by atoms with Crippen LogP contribution >= 0.6 is 0 Å². The standard InChI is InChI=1S/C16H14F4O4S/c17-15(18,13(21)11-7-3-1-4-8-11)25(23,24)16(19,20)14(22)12-9-5-2-6-10-12/h1-10,13-14,21-22H. The highest BCUT2D eigenvalue weighted by Gasteiger charge is 2.67. The van der Waals surface area contributed by atoms with Gasteiger partial charge in [-0.2, -0.15) is 17.6 Å². The largest absolute Gasteiger partial charge is 0.381 e. The third-order valence-corrected chi connectivity index (χ3v) is 5.46. The minimum absolute atomic E-state index is 0.555. The molecule has 2 unspecified atom stereocenters. The van der Waals surface area contributed by atoms with Gasteiger partial charge < -0.3 is 10.2 Å². The minimum Gasteiger partial charge on any atom is -0.381 e. The van der Waals surface area contributed by atoms with Gasteiger partial charge >= 0.3 is 10.5 Å². The maximum Gasteiger partial charge on any atom is 0.380 e. The number of hydrogen-bond donors (Lipinski definition) is 2. The topological polar surface area (TPSA) is 74.6 Å². The number of aliphatic hydroxyl groups excluding tert-OH is 2. The fourth-order valence-electron chi connectivity index (χ4n) is 2.13. The van der Waals surface area contributed by atoms with E-state index in [0.29, 0.717) is 0 Å². The summed E-state index contributed by atoms with van der Waals surface area (Å²) < 4.78 is 80.7. The van der Waals surface area contributed by atoms with Gasteiger partial charge in [-0.3, -0.25) is 0 Å². The van der Waals surface area contributed by atoms with Crippen molar-refractivity contribution in [1.82, 2.24) is 0 Å². The van der Waals surface area contributed by atoms with Gasteiger partial charge in [0.2, 0.25) is 0 Å². The Bertz CT molecular complexity index is 747. The molecule has 136 valence electrons. The smallest absolute Gasteiger partial charge is 0.380 e. The second-order valence-electron chi connectivity index (χ2n) is 5.25. The van der Waals surface area contributed by atoms with Crippen LogP contribution in [0.1, 0.15) is 23.3 Å². The number of benzene rings is 2. The molecule has 25 heavy (non-hydrogen) atoms. The summed E-state index contributed by atoms with van der Waals surface area (Å²) in [6.07, 6.45) is -6.04.